The zero-order valence-corrected chi connectivity index (χ0v) is 20.3. The zero-order valence-electron chi connectivity index (χ0n) is 18.7. The fraction of sp³-hybridized carbons (Fsp3) is 0.320. The lowest BCUT2D eigenvalue weighted by molar-refractivity contribution is 0.0153. The summed E-state index contributed by atoms with van der Waals surface area (Å²) >= 11 is 7.93. The molecule has 4 aromatic rings. The topological polar surface area (TPSA) is 90.9 Å². The molecule has 0 amide bonds. The van der Waals surface area contributed by atoms with Gasteiger partial charge in [0.25, 0.3) is 0 Å². The Balaban J connectivity index is 1.03. The Kier molecular flexibility index (Phi) is 7.30. The summed E-state index contributed by atoms with van der Waals surface area (Å²) in [5, 5.41) is 4.31. The lowest BCUT2D eigenvalue weighted by Gasteiger charge is -2.15. The van der Waals surface area contributed by atoms with Crippen molar-refractivity contribution in [1.82, 2.24) is 24.8 Å². The lowest BCUT2D eigenvalue weighted by Crippen LogP contribution is -2.18. The molecule has 0 saturated carbocycles. The fourth-order valence-corrected chi connectivity index (χ4v) is 5.28. The van der Waals surface area contributed by atoms with Crippen LogP contribution in [-0.4, -0.2) is 43.7 Å². The van der Waals surface area contributed by atoms with Crippen LogP contribution in [0.3, 0.4) is 0 Å². The van der Waals surface area contributed by atoms with Gasteiger partial charge in [-0.05, 0) is 47.7 Å². The van der Waals surface area contributed by atoms with Crippen molar-refractivity contribution in [1.29, 1.82) is 0 Å². The number of anilines is 1. The van der Waals surface area contributed by atoms with Gasteiger partial charge in [-0.2, -0.15) is 11.8 Å². The quantitative estimate of drug-likeness (QED) is 0.319. The highest BCUT2D eigenvalue weighted by molar-refractivity contribution is 7.99. The van der Waals surface area contributed by atoms with Crippen LogP contribution in [0.1, 0.15) is 24.6 Å². The van der Waals surface area contributed by atoms with Crippen molar-refractivity contribution in [2.24, 2.45) is 0 Å². The number of nitrogens with one attached hydrogen (secondary N) is 1. The third-order valence-corrected chi connectivity index (χ3v) is 7.30. The molecule has 34 heavy (non-hydrogen) atoms. The molecule has 0 radical (unpaired) electrons. The van der Waals surface area contributed by atoms with Gasteiger partial charge < -0.3 is 15.8 Å². The molecule has 176 valence electrons. The highest BCUT2D eigenvalue weighted by Crippen LogP contribution is 2.32. The van der Waals surface area contributed by atoms with Gasteiger partial charge in [0.05, 0.1) is 12.4 Å². The predicted octanol–water partition coefficient (Wildman–Crippen LogP) is 4.93. The highest BCUT2D eigenvalue weighted by Gasteiger charge is 2.28. The third kappa shape index (κ3) is 5.36. The molecule has 2 atom stereocenters. The van der Waals surface area contributed by atoms with E-state index < -0.39 is 0 Å². The number of thioether (sulfide) groups is 1. The molecule has 2 aromatic heterocycles. The summed E-state index contributed by atoms with van der Waals surface area (Å²) in [5.41, 5.74) is 10.9. The van der Waals surface area contributed by atoms with Crippen LogP contribution in [0.15, 0.2) is 61.2 Å². The summed E-state index contributed by atoms with van der Waals surface area (Å²) in [5.74, 6) is 2.42. The van der Waals surface area contributed by atoms with E-state index in [4.69, 9.17) is 22.1 Å². The number of nitrogens with two attached hydrogens (primary N) is 1. The predicted molar refractivity (Wildman–Crippen MR) is 139 cm³/mol. The molecule has 3 heterocycles. The van der Waals surface area contributed by atoms with Gasteiger partial charge >= 0.3 is 0 Å². The number of aromatic nitrogens is 4. The molecule has 2 unspecified atom stereocenters. The number of imidazole rings is 1. The Morgan fingerprint density at radius 3 is 2.85 bits per heavy atom. The smallest absolute Gasteiger partial charge is 0.167 e. The summed E-state index contributed by atoms with van der Waals surface area (Å²) in [6, 6.07) is 16.6. The molecule has 2 aromatic carbocycles. The summed E-state index contributed by atoms with van der Waals surface area (Å²) in [7, 11) is 0. The summed E-state index contributed by atoms with van der Waals surface area (Å²) in [6.07, 6.45) is 5.39. The average molecular weight is 495 g/mol. The molecule has 5 rings (SSSR count). The van der Waals surface area contributed by atoms with Crippen LogP contribution < -0.4 is 11.1 Å². The van der Waals surface area contributed by atoms with Gasteiger partial charge in [0.1, 0.15) is 18.1 Å². The van der Waals surface area contributed by atoms with Crippen LogP contribution >= 0.6 is 23.4 Å². The maximum absolute atomic E-state index is 6.26. The van der Waals surface area contributed by atoms with Crippen LogP contribution in [0.5, 0.6) is 0 Å². The standard InChI is InChI=1S/C25H27ClN6OS/c26-20-6-4-18(5-7-20)19-3-1-2-17(12-19)13-28-10-11-34-14-21-8-9-22(33-21)32-16-31-23-24(27)29-15-30-25(23)32/h1-7,12,15-16,21-22,28H,8-11,13-14H2,(H2,27,29,30). The fourth-order valence-electron chi connectivity index (χ4n) is 4.19. The second-order valence-corrected chi connectivity index (χ2v) is 9.92. The monoisotopic (exact) mass is 494 g/mol. The van der Waals surface area contributed by atoms with Crippen molar-refractivity contribution in [2.45, 2.75) is 31.7 Å². The molecule has 3 N–H and O–H groups in total. The molecule has 0 aliphatic carbocycles. The van der Waals surface area contributed by atoms with Gasteiger partial charge in [-0.1, -0.05) is 41.9 Å². The number of fused-ring (bicyclic) bond motifs is 1. The van der Waals surface area contributed by atoms with E-state index in [2.05, 4.69) is 56.7 Å². The maximum atomic E-state index is 6.26. The van der Waals surface area contributed by atoms with Crippen LogP contribution in [0, 0.1) is 0 Å². The first-order chi connectivity index (χ1) is 16.7. The molecule has 1 saturated heterocycles. The molecule has 1 fully saturated rings. The first kappa shape index (κ1) is 23.1. The number of rotatable bonds is 9. The zero-order chi connectivity index (χ0) is 23.3. The van der Waals surface area contributed by atoms with Crippen molar-refractivity contribution >= 4 is 40.3 Å². The van der Waals surface area contributed by atoms with Crippen LogP contribution in [0.25, 0.3) is 22.3 Å². The number of benzene rings is 2. The van der Waals surface area contributed by atoms with Crippen molar-refractivity contribution in [3.05, 3.63) is 71.8 Å². The van der Waals surface area contributed by atoms with E-state index >= 15 is 0 Å². The van der Waals surface area contributed by atoms with E-state index in [1.807, 2.05) is 28.5 Å². The number of nitrogens with zero attached hydrogens (tertiary/aromatic N) is 4. The second kappa shape index (κ2) is 10.7. The summed E-state index contributed by atoms with van der Waals surface area (Å²) in [6.45, 7) is 1.80. The number of hydrogen-bond donors (Lipinski definition) is 2. The van der Waals surface area contributed by atoms with E-state index in [0.29, 0.717) is 11.3 Å². The molecule has 1 aliphatic rings. The molecule has 0 spiro atoms. The Labute approximate surface area is 208 Å². The van der Waals surface area contributed by atoms with Crippen LogP contribution in [0.4, 0.5) is 5.82 Å². The Morgan fingerprint density at radius 2 is 1.97 bits per heavy atom. The largest absolute Gasteiger partial charge is 0.382 e. The summed E-state index contributed by atoms with van der Waals surface area (Å²) in [4.78, 5) is 12.7. The number of ether oxygens (including phenoxy) is 1. The molecular weight excluding hydrogens is 468 g/mol. The molecule has 0 bridgehead atoms. The first-order valence-electron chi connectivity index (χ1n) is 11.4. The average Bonchev–Trinajstić information content (AvgIpc) is 3.50. The highest BCUT2D eigenvalue weighted by atomic mass is 35.5. The number of nitrogen functional groups attached to an aromatic ring is 1. The van der Waals surface area contributed by atoms with Gasteiger partial charge in [-0.3, -0.25) is 4.57 Å². The minimum absolute atomic E-state index is 0.0454. The molecule has 7 nitrogen and oxygen atoms in total. The minimum Gasteiger partial charge on any atom is -0.382 e. The number of hydrogen-bond acceptors (Lipinski definition) is 7. The van der Waals surface area contributed by atoms with Crippen LogP contribution in [-0.2, 0) is 11.3 Å². The van der Waals surface area contributed by atoms with Crippen molar-refractivity contribution in [3.8, 4) is 11.1 Å². The van der Waals surface area contributed by atoms with Crippen molar-refractivity contribution < 1.29 is 4.74 Å². The Bertz CT molecular complexity index is 1250. The Hall–Kier alpha value is -2.65. The van der Waals surface area contributed by atoms with E-state index in [1.54, 1.807) is 6.33 Å². The lowest BCUT2D eigenvalue weighted by atomic mass is 10.0. The second-order valence-electron chi connectivity index (χ2n) is 8.33. The number of halogens is 1. The van der Waals surface area contributed by atoms with Crippen LogP contribution in [0.2, 0.25) is 5.02 Å². The van der Waals surface area contributed by atoms with Crippen molar-refractivity contribution in [3.63, 3.8) is 0 Å². The van der Waals surface area contributed by atoms with E-state index in [0.717, 1.165) is 48.1 Å². The van der Waals surface area contributed by atoms with E-state index in [9.17, 15) is 0 Å². The Morgan fingerprint density at radius 1 is 1.09 bits per heavy atom. The molecule has 1 aliphatic heterocycles. The van der Waals surface area contributed by atoms with E-state index in [1.165, 1.54) is 23.0 Å². The van der Waals surface area contributed by atoms with Gasteiger partial charge in [0.2, 0.25) is 0 Å². The SMILES string of the molecule is Nc1ncnc2c1ncn2C1CCC(CSCCNCc2cccc(-c3ccc(Cl)cc3)c2)O1. The van der Waals surface area contributed by atoms with E-state index in [-0.39, 0.29) is 12.3 Å². The first-order valence-corrected chi connectivity index (χ1v) is 12.9. The van der Waals surface area contributed by atoms with Gasteiger partial charge in [0.15, 0.2) is 11.5 Å². The van der Waals surface area contributed by atoms with Crippen molar-refractivity contribution in [2.75, 3.05) is 23.8 Å². The van der Waals surface area contributed by atoms with Gasteiger partial charge in [-0.25, -0.2) is 15.0 Å². The molecule has 9 heteroatoms. The van der Waals surface area contributed by atoms with Gasteiger partial charge in [0, 0.05) is 29.6 Å². The minimum atomic E-state index is -0.0454. The third-order valence-electron chi connectivity index (χ3n) is 5.94. The molecular formula is C25H27ClN6OS. The maximum Gasteiger partial charge on any atom is 0.167 e. The normalized spacial score (nSPS) is 18.0. The van der Waals surface area contributed by atoms with Gasteiger partial charge in [-0.15, -0.1) is 0 Å². The summed E-state index contributed by atoms with van der Waals surface area (Å²) < 4.78 is 8.23.